The van der Waals surface area contributed by atoms with Crippen LogP contribution >= 0.6 is 0 Å². The van der Waals surface area contributed by atoms with Crippen LogP contribution in [0, 0.1) is 11.6 Å². The second-order valence-corrected chi connectivity index (χ2v) is 9.59. The molecule has 0 aliphatic rings. The number of sulfonamides is 1. The fourth-order valence-corrected chi connectivity index (χ4v) is 4.00. The zero-order valence-electron chi connectivity index (χ0n) is 18.9. The summed E-state index contributed by atoms with van der Waals surface area (Å²) in [4.78, 5) is 27.1. The molecule has 0 bridgehead atoms. The molecule has 0 saturated heterocycles. The third-order valence-electron chi connectivity index (χ3n) is 5.09. The van der Waals surface area contributed by atoms with Gasteiger partial charge in [-0.1, -0.05) is 31.5 Å². The molecule has 0 spiro atoms. The smallest absolute Gasteiger partial charge is 0.244 e. The predicted molar refractivity (Wildman–Crippen MR) is 123 cm³/mol. The monoisotopic (exact) mass is 481 g/mol. The Morgan fingerprint density at radius 3 is 2.27 bits per heavy atom. The first kappa shape index (κ1) is 26.2. The average molecular weight is 482 g/mol. The lowest BCUT2D eigenvalue weighted by molar-refractivity contribution is -0.139. The number of hydrogen-bond acceptors (Lipinski definition) is 4. The van der Waals surface area contributed by atoms with Crippen LogP contribution in [0.25, 0.3) is 0 Å². The first-order chi connectivity index (χ1) is 15.5. The molecule has 7 nitrogen and oxygen atoms in total. The first-order valence-electron chi connectivity index (χ1n) is 10.6. The number of amides is 2. The highest BCUT2D eigenvalue weighted by Crippen LogP contribution is 2.20. The molecule has 2 amide bonds. The Morgan fingerprint density at radius 2 is 1.70 bits per heavy atom. The maximum Gasteiger partial charge on any atom is 0.244 e. The van der Waals surface area contributed by atoms with Crippen LogP contribution in [0.15, 0.2) is 48.5 Å². The summed E-state index contributed by atoms with van der Waals surface area (Å²) in [5, 5.41) is 2.74. The van der Waals surface area contributed by atoms with Crippen LogP contribution < -0.4 is 9.62 Å². The number of carbonyl (C=O) groups excluding carboxylic acids is 2. The van der Waals surface area contributed by atoms with Gasteiger partial charge in [-0.15, -0.1) is 0 Å². The Kier molecular flexibility index (Phi) is 9.33. The van der Waals surface area contributed by atoms with Gasteiger partial charge in [-0.05, 0) is 43.7 Å². The molecular weight excluding hydrogens is 452 g/mol. The number of hydrogen-bond donors (Lipinski definition) is 1. The van der Waals surface area contributed by atoms with Crippen molar-refractivity contribution < 1.29 is 26.8 Å². The number of carbonyl (C=O) groups is 2. The van der Waals surface area contributed by atoms with E-state index in [1.165, 1.54) is 37.3 Å². The minimum Gasteiger partial charge on any atom is -0.354 e. The van der Waals surface area contributed by atoms with Crippen molar-refractivity contribution in [3.63, 3.8) is 0 Å². The van der Waals surface area contributed by atoms with Crippen molar-refractivity contribution in [2.45, 2.75) is 39.3 Å². The van der Waals surface area contributed by atoms with E-state index in [0.717, 1.165) is 40.4 Å². The fourth-order valence-electron chi connectivity index (χ4n) is 3.15. The van der Waals surface area contributed by atoms with Gasteiger partial charge >= 0.3 is 0 Å². The Balaban J connectivity index is 2.35. The lowest BCUT2D eigenvalue weighted by atomic mass is 10.1. The SMILES string of the molecule is CCCCNC(=O)[C@@H](C)N(Cc1ccccc1F)C(=O)CN(c1ccc(F)cc1)S(C)(=O)=O. The normalized spacial score (nSPS) is 12.2. The van der Waals surface area contributed by atoms with E-state index in [4.69, 9.17) is 0 Å². The molecule has 10 heteroatoms. The minimum atomic E-state index is -3.92. The first-order valence-corrected chi connectivity index (χ1v) is 12.4. The van der Waals surface area contributed by atoms with Crippen LogP contribution in [0.3, 0.4) is 0 Å². The van der Waals surface area contributed by atoms with Crippen molar-refractivity contribution >= 4 is 27.5 Å². The van der Waals surface area contributed by atoms with Crippen molar-refractivity contribution in [1.29, 1.82) is 0 Å². The summed E-state index contributed by atoms with van der Waals surface area (Å²) >= 11 is 0. The van der Waals surface area contributed by atoms with Gasteiger partial charge in [-0.3, -0.25) is 13.9 Å². The molecule has 0 fully saturated rings. The van der Waals surface area contributed by atoms with Crippen molar-refractivity contribution in [2.75, 3.05) is 23.7 Å². The van der Waals surface area contributed by atoms with Crippen molar-refractivity contribution in [3.05, 3.63) is 65.7 Å². The molecule has 0 heterocycles. The highest BCUT2D eigenvalue weighted by molar-refractivity contribution is 7.92. The number of anilines is 1. The van der Waals surface area contributed by atoms with Gasteiger partial charge in [-0.2, -0.15) is 0 Å². The van der Waals surface area contributed by atoms with E-state index < -0.39 is 46.1 Å². The summed E-state index contributed by atoms with van der Waals surface area (Å²) in [5.41, 5.74) is 0.282. The van der Waals surface area contributed by atoms with Crippen LogP contribution in [-0.2, 0) is 26.2 Å². The van der Waals surface area contributed by atoms with E-state index in [0.29, 0.717) is 6.54 Å². The van der Waals surface area contributed by atoms with Crippen molar-refractivity contribution in [1.82, 2.24) is 10.2 Å². The zero-order chi connectivity index (χ0) is 24.6. The molecule has 2 rings (SSSR count). The summed E-state index contributed by atoms with van der Waals surface area (Å²) in [6.45, 7) is 3.04. The molecule has 2 aromatic rings. The molecule has 2 aromatic carbocycles. The molecular formula is C23H29F2N3O4S. The molecule has 1 N–H and O–H groups in total. The molecule has 0 aliphatic carbocycles. The van der Waals surface area contributed by atoms with Gasteiger partial charge < -0.3 is 10.2 Å². The molecule has 0 aromatic heterocycles. The van der Waals surface area contributed by atoms with E-state index in [9.17, 15) is 26.8 Å². The van der Waals surface area contributed by atoms with E-state index in [2.05, 4.69) is 5.32 Å². The van der Waals surface area contributed by atoms with E-state index >= 15 is 0 Å². The van der Waals surface area contributed by atoms with Crippen LogP contribution in [0.4, 0.5) is 14.5 Å². The number of halogens is 2. The quantitative estimate of drug-likeness (QED) is 0.500. The van der Waals surface area contributed by atoms with Gasteiger partial charge in [0.25, 0.3) is 0 Å². The van der Waals surface area contributed by atoms with Gasteiger partial charge in [0.05, 0.1) is 11.9 Å². The molecule has 1 atom stereocenters. The maximum atomic E-state index is 14.3. The lowest BCUT2D eigenvalue weighted by Crippen LogP contribution is -2.51. The molecule has 33 heavy (non-hydrogen) atoms. The Bertz CT molecular complexity index is 1060. The number of nitrogens with zero attached hydrogens (tertiary/aromatic N) is 2. The van der Waals surface area contributed by atoms with Crippen LogP contribution in [0.1, 0.15) is 32.3 Å². The van der Waals surface area contributed by atoms with Crippen LogP contribution in [0.5, 0.6) is 0 Å². The van der Waals surface area contributed by atoms with E-state index in [1.807, 2.05) is 6.92 Å². The van der Waals surface area contributed by atoms with E-state index in [-0.39, 0.29) is 17.8 Å². The highest BCUT2D eigenvalue weighted by atomic mass is 32.2. The molecule has 180 valence electrons. The summed E-state index contributed by atoms with van der Waals surface area (Å²) in [7, 11) is -3.92. The third kappa shape index (κ3) is 7.52. The number of nitrogens with one attached hydrogen (secondary N) is 1. The highest BCUT2D eigenvalue weighted by Gasteiger charge is 2.30. The summed E-state index contributed by atoms with van der Waals surface area (Å²) in [6, 6.07) is 9.51. The number of benzene rings is 2. The second-order valence-electron chi connectivity index (χ2n) is 7.68. The standard InChI is InChI=1S/C23H29F2N3O4S/c1-4-5-14-26-23(30)17(2)27(15-18-8-6-7-9-21(18)25)22(29)16-28(33(3,31)32)20-12-10-19(24)11-13-20/h6-13,17H,4-5,14-16H2,1-3H3,(H,26,30)/t17-/m1/s1. The largest absolute Gasteiger partial charge is 0.354 e. The zero-order valence-corrected chi connectivity index (χ0v) is 19.7. The van der Waals surface area contributed by atoms with Gasteiger partial charge in [0.1, 0.15) is 24.2 Å². The fraction of sp³-hybridized carbons (Fsp3) is 0.391. The Hall–Kier alpha value is -3.01. The lowest BCUT2D eigenvalue weighted by Gasteiger charge is -2.31. The Morgan fingerprint density at radius 1 is 1.06 bits per heavy atom. The predicted octanol–water partition coefficient (Wildman–Crippen LogP) is 3.06. The van der Waals surface area contributed by atoms with Gasteiger partial charge in [0.2, 0.25) is 21.8 Å². The summed E-state index contributed by atoms with van der Waals surface area (Å²) in [5.74, 6) is -2.24. The van der Waals surface area contributed by atoms with E-state index in [1.54, 1.807) is 6.07 Å². The van der Waals surface area contributed by atoms with Crippen LogP contribution in [0.2, 0.25) is 0 Å². The second kappa shape index (κ2) is 11.7. The third-order valence-corrected chi connectivity index (χ3v) is 6.23. The summed E-state index contributed by atoms with van der Waals surface area (Å²) in [6.07, 6.45) is 2.55. The molecule has 0 radical (unpaired) electrons. The number of unbranched alkanes of at least 4 members (excludes halogenated alkanes) is 1. The molecule has 0 aliphatic heterocycles. The van der Waals surface area contributed by atoms with Gasteiger partial charge in [0, 0.05) is 18.7 Å². The topological polar surface area (TPSA) is 86.8 Å². The molecule has 0 saturated carbocycles. The van der Waals surface area contributed by atoms with Crippen LogP contribution in [-0.4, -0.2) is 50.5 Å². The van der Waals surface area contributed by atoms with Gasteiger partial charge in [-0.25, -0.2) is 17.2 Å². The Labute approximate surface area is 193 Å². The maximum absolute atomic E-state index is 14.3. The van der Waals surface area contributed by atoms with Crippen molar-refractivity contribution in [3.8, 4) is 0 Å². The average Bonchev–Trinajstić information content (AvgIpc) is 2.76. The van der Waals surface area contributed by atoms with Gasteiger partial charge in [0.15, 0.2) is 0 Å². The minimum absolute atomic E-state index is 0.0955. The molecule has 0 unspecified atom stereocenters. The summed E-state index contributed by atoms with van der Waals surface area (Å²) < 4.78 is 53.2. The van der Waals surface area contributed by atoms with Crippen molar-refractivity contribution in [2.24, 2.45) is 0 Å². The number of rotatable bonds is 11.